The molecule has 0 bridgehead atoms. The quantitative estimate of drug-likeness (QED) is 0.860. The number of carbonyl (C=O) groups excluding carboxylic acids is 1. The lowest BCUT2D eigenvalue weighted by Gasteiger charge is -2.09. The molecule has 0 aliphatic carbocycles. The molecule has 0 aromatic heterocycles. The van der Waals surface area contributed by atoms with Crippen LogP contribution in [0.15, 0.2) is 16.6 Å². The number of rotatable bonds is 3. The first kappa shape index (κ1) is 11.8. The van der Waals surface area contributed by atoms with Crippen LogP contribution in [-0.4, -0.2) is 24.8 Å². The van der Waals surface area contributed by atoms with Crippen molar-refractivity contribution in [3.8, 4) is 11.5 Å². The molecule has 0 saturated heterocycles. The molecule has 15 heavy (non-hydrogen) atoms. The van der Waals surface area contributed by atoms with E-state index < -0.39 is 5.97 Å². The number of hydrogen-bond donors (Lipinski definition) is 1. The minimum absolute atomic E-state index is 0.0798. The molecule has 0 radical (unpaired) electrons. The lowest BCUT2D eigenvalue weighted by atomic mass is 10.2. The van der Waals surface area contributed by atoms with Crippen molar-refractivity contribution in [2.24, 2.45) is 0 Å². The van der Waals surface area contributed by atoms with E-state index in [1.165, 1.54) is 7.11 Å². The van der Waals surface area contributed by atoms with Gasteiger partial charge in [-0.15, -0.1) is 0 Å². The van der Waals surface area contributed by atoms with Crippen LogP contribution >= 0.6 is 15.9 Å². The third kappa shape index (κ3) is 2.41. The summed E-state index contributed by atoms with van der Waals surface area (Å²) in [7, 11) is 1.41. The van der Waals surface area contributed by atoms with Gasteiger partial charge in [0.15, 0.2) is 11.5 Å². The molecular weight excluding hydrogens is 264 g/mol. The molecule has 0 spiro atoms. The van der Waals surface area contributed by atoms with E-state index in [0.717, 1.165) is 0 Å². The molecule has 4 nitrogen and oxygen atoms in total. The summed E-state index contributed by atoms with van der Waals surface area (Å²) in [6.45, 7) is 1.95. The van der Waals surface area contributed by atoms with Crippen LogP contribution in [0.4, 0.5) is 0 Å². The Morgan fingerprint density at radius 2 is 2.20 bits per heavy atom. The number of phenolic OH excluding ortho intramolecular Hbond substituents is 1. The Morgan fingerprint density at radius 1 is 1.53 bits per heavy atom. The molecule has 0 fully saturated rings. The summed E-state index contributed by atoms with van der Waals surface area (Å²) >= 11 is 3.16. The Bertz CT molecular complexity index is 376. The summed E-state index contributed by atoms with van der Waals surface area (Å²) < 4.78 is 10.2. The molecule has 0 heterocycles. The molecule has 1 aromatic rings. The second-order valence-corrected chi connectivity index (χ2v) is 3.55. The SMILES string of the molecule is CCOC(=O)c1c(Br)ccc(OC)c1O. The summed E-state index contributed by atoms with van der Waals surface area (Å²) in [5.74, 6) is -0.563. The van der Waals surface area contributed by atoms with E-state index in [4.69, 9.17) is 9.47 Å². The van der Waals surface area contributed by atoms with Crippen LogP contribution in [0.2, 0.25) is 0 Å². The van der Waals surface area contributed by atoms with Gasteiger partial charge in [-0.1, -0.05) is 0 Å². The average molecular weight is 275 g/mol. The van der Waals surface area contributed by atoms with Crippen molar-refractivity contribution in [2.75, 3.05) is 13.7 Å². The van der Waals surface area contributed by atoms with Crippen molar-refractivity contribution < 1.29 is 19.4 Å². The molecule has 0 aliphatic heterocycles. The second kappa shape index (κ2) is 5.02. The zero-order valence-corrected chi connectivity index (χ0v) is 10.00. The number of halogens is 1. The van der Waals surface area contributed by atoms with E-state index in [-0.39, 0.29) is 23.7 Å². The first-order chi connectivity index (χ1) is 7.11. The number of aromatic hydroxyl groups is 1. The maximum Gasteiger partial charge on any atom is 0.343 e. The van der Waals surface area contributed by atoms with Crippen LogP contribution in [0.3, 0.4) is 0 Å². The smallest absolute Gasteiger partial charge is 0.343 e. The fraction of sp³-hybridized carbons (Fsp3) is 0.300. The van der Waals surface area contributed by atoms with Crippen LogP contribution in [0.5, 0.6) is 11.5 Å². The van der Waals surface area contributed by atoms with Crippen LogP contribution in [0.25, 0.3) is 0 Å². The van der Waals surface area contributed by atoms with Gasteiger partial charge in [-0.2, -0.15) is 0 Å². The standard InChI is InChI=1S/C10H11BrO4/c1-3-15-10(13)8-6(11)4-5-7(14-2)9(8)12/h4-5,12H,3H2,1-2H3. The number of carbonyl (C=O) groups is 1. The monoisotopic (exact) mass is 274 g/mol. The molecule has 1 N–H and O–H groups in total. The Hall–Kier alpha value is -1.23. The van der Waals surface area contributed by atoms with Crippen LogP contribution in [0, 0.1) is 0 Å². The lowest BCUT2D eigenvalue weighted by molar-refractivity contribution is 0.0521. The zero-order chi connectivity index (χ0) is 11.4. The topological polar surface area (TPSA) is 55.8 Å². The molecule has 0 amide bonds. The summed E-state index contributed by atoms with van der Waals surface area (Å²) in [6.07, 6.45) is 0. The van der Waals surface area contributed by atoms with Gasteiger partial charge in [-0.3, -0.25) is 0 Å². The van der Waals surface area contributed by atoms with Gasteiger partial charge in [0.1, 0.15) is 5.56 Å². The lowest BCUT2D eigenvalue weighted by Crippen LogP contribution is -2.06. The zero-order valence-electron chi connectivity index (χ0n) is 8.41. The van der Waals surface area contributed by atoms with E-state index >= 15 is 0 Å². The van der Waals surface area contributed by atoms with Crippen molar-refractivity contribution in [1.29, 1.82) is 0 Å². The van der Waals surface area contributed by atoms with Crippen molar-refractivity contribution in [3.05, 3.63) is 22.2 Å². The highest BCUT2D eigenvalue weighted by Gasteiger charge is 2.19. The van der Waals surface area contributed by atoms with Crippen molar-refractivity contribution in [3.63, 3.8) is 0 Å². The maximum absolute atomic E-state index is 11.5. The first-order valence-electron chi connectivity index (χ1n) is 4.34. The maximum atomic E-state index is 11.5. The summed E-state index contributed by atoms with van der Waals surface area (Å²) in [5.41, 5.74) is 0.0798. The molecule has 0 unspecified atom stereocenters. The number of hydrogen-bond acceptors (Lipinski definition) is 4. The molecular formula is C10H11BrO4. The second-order valence-electron chi connectivity index (χ2n) is 2.69. The van der Waals surface area contributed by atoms with Crippen LogP contribution in [-0.2, 0) is 4.74 Å². The number of ether oxygens (including phenoxy) is 2. The van der Waals surface area contributed by atoms with E-state index in [9.17, 15) is 9.90 Å². The Kier molecular flexibility index (Phi) is 3.96. The van der Waals surface area contributed by atoms with E-state index in [1.807, 2.05) is 0 Å². The molecule has 1 aromatic carbocycles. The number of benzene rings is 1. The van der Waals surface area contributed by atoms with Gasteiger partial charge < -0.3 is 14.6 Å². The van der Waals surface area contributed by atoms with Crippen molar-refractivity contribution in [2.45, 2.75) is 6.92 Å². The van der Waals surface area contributed by atoms with Gasteiger partial charge in [-0.25, -0.2) is 4.79 Å². The van der Waals surface area contributed by atoms with E-state index in [0.29, 0.717) is 4.47 Å². The Balaban J connectivity index is 3.20. The van der Waals surface area contributed by atoms with Crippen LogP contribution < -0.4 is 4.74 Å². The highest BCUT2D eigenvalue weighted by Crippen LogP contribution is 2.35. The van der Waals surface area contributed by atoms with Gasteiger partial charge in [0, 0.05) is 4.47 Å². The molecule has 0 atom stereocenters. The molecule has 5 heteroatoms. The molecule has 0 saturated carbocycles. The fourth-order valence-electron chi connectivity index (χ4n) is 1.11. The largest absolute Gasteiger partial charge is 0.504 e. The fourth-order valence-corrected chi connectivity index (χ4v) is 1.59. The van der Waals surface area contributed by atoms with E-state index in [2.05, 4.69) is 15.9 Å². The summed E-state index contributed by atoms with van der Waals surface area (Å²) in [5, 5.41) is 9.71. The summed E-state index contributed by atoms with van der Waals surface area (Å²) in [4.78, 5) is 11.5. The van der Waals surface area contributed by atoms with Gasteiger partial charge in [0.25, 0.3) is 0 Å². The van der Waals surface area contributed by atoms with Crippen molar-refractivity contribution >= 4 is 21.9 Å². The number of phenols is 1. The first-order valence-corrected chi connectivity index (χ1v) is 5.13. The minimum atomic E-state index is -0.583. The third-order valence-electron chi connectivity index (χ3n) is 1.79. The normalized spacial score (nSPS) is 9.80. The van der Waals surface area contributed by atoms with Gasteiger partial charge >= 0.3 is 5.97 Å². The number of esters is 1. The highest BCUT2D eigenvalue weighted by molar-refractivity contribution is 9.10. The molecule has 0 aliphatic rings. The number of methoxy groups -OCH3 is 1. The Labute approximate surface area is 95.9 Å². The van der Waals surface area contributed by atoms with E-state index in [1.54, 1.807) is 19.1 Å². The highest BCUT2D eigenvalue weighted by atomic mass is 79.9. The molecule has 1 rings (SSSR count). The minimum Gasteiger partial charge on any atom is -0.504 e. The van der Waals surface area contributed by atoms with Gasteiger partial charge in [0.05, 0.1) is 13.7 Å². The van der Waals surface area contributed by atoms with Gasteiger partial charge in [-0.05, 0) is 35.0 Å². The predicted octanol–water partition coefficient (Wildman–Crippen LogP) is 2.34. The average Bonchev–Trinajstić information content (AvgIpc) is 2.18. The van der Waals surface area contributed by atoms with Gasteiger partial charge in [0.2, 0.25) is 0 Å². The third-order valence-corrected chi connectivity index (χ3v) is 2.45. The molecule has 82 valence electrons. The predicted molar refractivity (Wildman–Crippen MR) is 58.3 cm³/mol. The summed E-state index contributed by atoms with van der Waals surface area (Å²) in [6, 6.07) is 3.17. The Morgan fingerprint density at radius 3 is 2.73 bits per heavy atom. The van der Waals surface area contributed by atoms with Crippen LogP contribution in [0.1, 0.15) is 17.3 Å². The van der Waals surface area contributed by atoms with Crippen molar-refractivity contribution in [1.82, 2.24) is 0 Å².